The van der Waals surface area contributed by atoms with Crippen molar-refractivity contribution in [1.29, 1.82) is 0 Å². The minimum atomic E-state index is 0.0451. The largest absolute Gasteiger partial charge is 0.479 e. The van der Waals surface area contributed by atoms with Gasteiger partial charge in [0, 0.05) is 13.1 Å². The molecular weight excluding hydrogens is 256 g/mol. The Kier molecular flexibility index (Phi) is 3.80. The van der Waals surface area contributed by atoms with E-state index < -0.39 is 0 Å². The number of nitrogen functional groups attached to an aromatic ring is 1. The van der Waals surface area contributed by atoms with E-state index in [4.69, 9.17) is 10.5 Å². The van der Waals surface area contributed by atoms with Gasteiger partial charge in [0.15, 0.2) is 11.2 Å². The number of hydrogen-bond acceptors (Lipinski definition) is 6. The zero-order chi connectivity index (χ0) is 14.9. The Balaban J connectivity index is 2.42. The van der Waals surface area contributed by atoms with Crippen molar-refractivity contribution in [3.63, 3.8) is 0 Å². The lowest BCUT2D eigenvalue weighted by Crippen LogP contribution is -2.32. The Morgan fingerprint density at radius 2 is 2.05 bits per heavy atom. The number of aromatic nitrogens is 4. The van der Waals surface area contributed by atoms with Crippen LogP contribution < -0.4 is 10.5 Å². The van der Waals surface area contributed by atoms with Crippen molar-refractivity contribution in [1.82, 2.24) is 24.4 Å². The van der Waals surface area contributed by atoms with E-state index in [-0.39, 0.29) is 5.41 Å². The molecular formula is C13H22N6O. The molecule has 0 saturated heterocycles. The second kappa shape index (κ2) is 5.24. The fraction of sp³-hybridized carbons (Fsp3) is 0.615. The summed E-state index contributed by atoms with van der Waals surface area (Å²) in [5, 5.41) is 0. The van der Waals surface area contributed by atoms with E-state index in [1.807, 2.05) is 4.57 Å². The zero-order valence-electron chi connectivity index (χ0n) is 12.7. The van der Waals surface area contributed by atoms with E-state index in [9.17, 15) is 0 Å². The molecule has 0 unspecified atom stereocenters. The SMILES string of the molecule is COc1ncnc2c1nc(N)n2CC(C)(C)CN(C)C. The standard InChI is InChI=1S/C13H22N6O/c1-13(2,6-18(3)4)7-19-10-9(17-12(19)14)11(20-5)16-8-15-10/h8H,6-7H2,1-5H3,(H2,14,17). The van der Waals surface area contributed by atoms with Crippen LogP contribution in [0.15, 0.2) is 6.33 Å². The molecule has 0 spiro atoms. The van der Waals surface area contributed by atoms with Crippen LogP contribution in [0.25, 0.3) is 11.2 Å². The molecule has 0 fully saturated rings. The average molecular weight is 278 g/mol. The molecule has 0 saturated carbocycles. The molecule has 0 atom stereocenters. The van der Waals surface area contributed by atoms with Gasteiger partial charge in [0.25, 0.3) is 0 Å². The highest BCUT2D eigenvalue weighted by molar-refractivity contribution is 5.78. The summed E-state index contributed by atoms with van der Waals surface area (Å²) in [5.41, 5.74) is 7.39. The van der Waals surface area contributed by atoms with Crippen molar-refractivity contribution < 1.29 is 4.74 Å². The van der Waals surface area contributed by atoms with Crippen molar-refractivity contribution in [2.45, 2.75) is 20.4 Å². The van der Waals surface area contributed by atoms with Crippen molar-refractivity contribution in [3.8, 4) is 5.88 Å². The number of nitrogens with zero attached hydrogens (tertiary/aromatic N) is 5. The van der Waals surface area contributed by atoms with Gasteiger partial charge in [0.1, 0.15) is 6.33 Å². The number of nitrogens with two attached hydrogens (primary N) is 1. The smallest absolute Gasteiger partial charge is 0.245 e. The van der Waals surface area contributed by atoms with Crippen LogP contribution in [0.2, 0.25) is 0 Å². The third-order valence-corrected chi connectivity index (χ3v) is 3.05. The molecule has 0 amide bonds. The van der Waals surface area contributed by atoms with Gasteiger partial charge in [-0.2, -0.15) is 4.98 Å². The van der Waals surface area contributed by atoms with Gasteiger partial charge >= 0.3 is 0 Å². The van der Waals surface area contributed by atoms with Gasteiger partial charge in [-0.05, 0) is 19.5 Å². The molecule has 0 bridgehead atoms. The van der Waals surface area contributed by atoms with Gasteiger partial charge in [-0.3, -0.25) is 4.57 Å². The van der Waals surface area contributed by atoms with Crippen molar-refractivity contribution in [3.05, 3.63) is 6.33 Å². The minimum Gasteiger partial charge on any atom is -0.479 e. The fourth-order valence-corrected chi connectivity index (χ4v) is 2.57. The van der Waals surface area contributed by atoms with E-state index in [0.29, 0.717) is 23.0 Å². The second-order valence-corrected chi connectivity index (χ2v) is 6.01. The van der Waals surface area contributed by atoms with E-state index in [2.05, 4.69) is 47.8 Å². The third-order valence-electron chi connectivity index (χ3n) is 3.05. The number of fused-ring (bicyclic) bond motifs is 1. The Bertz CT molecular complexity index is 604. The van der Waals surface area contributed by atoms with Crippen LogP contribution in [0.5, 0.6) is 5.88 Å². The molecule has 0 aliphatic carbocycles. The lowest BCUT2D eigenvalue weighted by atomic mass is 9.93. The van der Waals surface area contributed by atoms with Crippen LogP contribution in [0.3, 0.4) is 0 Å². The summed E-state index contributed by atoms with van der Waals surface area (Å²) in [5.74, 6) is 0.886. The number of rotatable bonds is 5. The van der Waals surface area contributed by atoms with Gasteiger partial charge in [-0.15, -0.1) is 0 Å². The first-order valence-corrected chi connectivity index (χ1v) is 6.49. The fourth-order valence-electron chi connectivity index (χ4n) is 2.57. The Morgan fingerprint density at radius 1 is 1.35 bits per heavy atom. The van der Waals surface area contributed by atoms with Crippen LogP contribution in [-0.2, 0) is 6.54 Å². The van der Waals surface area contributed by atoms with Crippen LogP contribution in [-0.4, -0.2) is 52.2 Å². The van der Waals surface area contributed by atoms with Crippen LogP contribution in [0.4, 0.5) is 5.95 Å². The molecule has 0 aromatic carbocycles. The maximum absolute atomic E-state index is 6.03. The Labute approximate surface area is 118 Å². The van der Waals surface area contributed by atoms with Crippen LogP contribution >= 0.6 is 0 Å². The summed E-state index contributed by atoms with van der Waals surface area (Å²) in [7, 11) is 5.68. The maximum atomic E-state index is 6.03. The number of hydrogen-bond donors (Lipinski definition) is 1. The van der Waals surface area contributed by atoms with Gasteiger partial charge in [0.05, 0.1) is 7.11 Å². The number of methoxy groups -OCH3 is 1. The number of ether oxygens (including phenoxy) is 1. The minimum absolute atomic E-state index is 0.0451. The quantitative estimate of drug-likeness (QED) is 0.879. The highest BCUT2D eigenvalue weighted by atomic mass is 16.5. The highest BCUT2D eigenvalue weighted by Gasteiger charge is 2.23. The lowest BCUT2D eigenvalue weighted by Gasteiger charge is -2.29. The van der Waals surface area contributed by atoms with Crippen molar-refractivity contribution in [2.75, 3.05) is 33.5 Å². The summed E-state index contributed by atoms with van der Waals surface area (Å²) < 4.78 is 7.12. The second-order valence-electron chi connectivity index (χ2n) is 6.01. The first-order chi connectivity index (χ1) is 9.34. The summed E-state index contributed by atoms with van der Waals surface area (Å²) >= 11 is 0. The van der Waals surface area contributed by atoms with Crippen molar-refractivity contribution >= 4 is 17.1 Å². The van der Waals surface area contributed by atoms with E-state index in [0.717, 1.165) is 13.1 Å². The van der Waals surface area contributed by atoms with Gasteiger partial charge in [-0.1, -0.05) is 13.8 Å². The molecule has 0 radical (unpaired) electrons. The number of anilines is 1. The molecule has 7 heteroatoms. The van der Waals surface area contributed by atoms with E-state index in [1.54, 1.807) is 7.11 Å². The Morgan fingerprint density at radius 3 is 2.65 bits per heavy atom. The molecule has 7 nitrogen and oxygen atoms in total. The van der Waals surface area contributed by atoms with Gasteiger partial charge in [-0.25, -0.2) is 9.97 Å². The summed E-state index contributed by atoms with van der Waals surface area (Å²) in [6.45, 7) is 6.05. The summed E-state index contributed by atoms with van der Waals surface area (Å²) in [4.78, 5) is 14.8. The molecule has 2 N–H and O–H groups in total. The molecule has 0 aliphatic rings. The van der Waals surface area contributed by atoms with Gasteiger partial charge < -0.3 is 15.4 Å². The molecule has 110 valence electrons. The molecule has 2 aromatic heterocycles. The predicted molar refractivity (Wildman–Crippen MR) is 78.6 cm³/mol. The molecule has 2 aromatic rings. The predicted octanol–water partition coefficient (Wildman–Crippen LogP) is 1.00. The van der Waals surface area contributed by atoms with E-state index >= 15 is 0 Å². The monoisotopic (exact) mass is 278 g/mol. The average Bonchev–Trinajstić information content (AvgIpc) is 2.64. The van der Waals surface area contributed by atoms with Gasteiger partial charge in [0.2, 0.25) is 11.8 Å². The molecule has 0 aliphatic heterocycles. The number of imidazole rings is 1. The first-order valence-electron chi connectivity index (χ1n) is 6.49. The Hall–Kier alpha value is -1.89. The summed E-state index contributed by atoms with van der Waals surface area (Å²) in [6.07, 6.45) is 1.47. The normalized spacial score (nSPS) is 12.3. The first kappa shape index (κ1) is 14.5. The topological polar surface area (TPSA) is 82.1 Å². The van der Waals surface area contributed by atoms with Crippen molar-refractivity contribution in [2.24, 2.45) is 5.41 Å². The molecule has 20 heavy (non-hydrogen) atoms. The molecule has 2 rings (SSSR count). The highest BCUT2D eigenvalue weighted by Crippen LogP contribution is 2.27. The van der Waals surface area contributed by atoms with Crippen LogP contribution in [0.1, 0.15) is 13.8 Å². The maximum Gasteiger partial charge on any atom is 0.245 e. The van der Waals surface area contributed by atoms with E-state index in [1.165, 1.54) is 6.33 Å². The van der Waals surface area contributed by atoms with Crippen LogP contribution in [0, 0.1) is 5.41 Å². The third kappa shape index (κ3) is 2.82. The molecule has 2 heterocycles. The summed E-state index contributed by atoms with van der Waals surface area (Å²) in [6, 6.07) is 0. The lowest BCUT2D eigenvalue weighted by molar-refractivity contribution is 0.214. The zero-order valence-corrected chi connectivity index (χ0v) is 12.7.